The minimum absolute atomic E-state index is 0.0558. The van der Waals surface area contributed by atoms with Crippen molar-refractivity contribution >= 4 is 22.7 Å². The summed E-state index contributed by atoms with van der Waals surface area (Å²) in [5.74, 6) is 1.06. The Hall–Kier alpha value is -3.15. The molecule has 0 radical (unpaired) electrons. The van der Waals surface area contributed by atoms with Gasteiger partial charge in [-0.25, -0.2) is 4.98 Å². The molecule has 162 valence electrons. The minimum atomic E-state index is -0.971. The van der Waals surface area contributed by atoms with Crippen molar-refractivity contribution in [2.45, 2.75) is 51.4 Å². The first-order valence-corrected chi connectivity index (χ1v) is 10.4. The van der Waals surface area contributed by atoms with Gasteiger partial charge >= 0.3 is 0 Å². The summed E-state index contributed by atoms with van der Waals surface area (Å²) in [6.45, 7) is 5.93. The maximum atomic E-state index is 10.4. The lowest BCUT2D eigenvalue weighted by Gasteiger charge is -2.21. The number of nitrogens with one attached hydrogen (secondary N) is 1. The summed E-state index contributed by atoms with van der Waals surface area (Å²) in [5.41, 5.74) is 1.70. The van der Waals surface area contributed by atoms with Crippen molar-refractivity contribution in [2.24, 2.45) is 0 Å². The zero-order chi connectivity index (χ0) is 22.2. The number of benzene rings is 1. The van der Waals surface area contributed by atoms with Crippen molar-refractivity contribution in [3.8, 4) is 11.8 Å². The summed E-state index contributed by atoms with van der Waals surface area (Å²) in [5, 5.41) is 24.0. The Balaban J connectivity index is 1.71. The van der Waals surface area contributed by atoms with E-state index >= 15 is 0 Å². The van der Waals surface area contributed by atoms with Crippen LogP contribution in [0.1, 0.15) is 50.9 Å². The number of aliphatic hydroxyl groups is 1. The third-order valence-electron chi connectivity index (χ3n) is 5.29. The van der Waals surface area contributed by atoms with Crippen molar-refractivity contribution in [3.05, 3.63) is 41.7 Å². The predicted octanol–water partition coefficient (Wildman–Crippen LogP) is 4.02. The van der Waals surface area contributed by atoms with Gasteiger partial charge in [0.25, 0.3) is 0 Å². The molecule has 2 N–H and O–H groups in total. The fourth-order valence-electron chi connectivity index (χ4n) is 3.51. The maximum absolute atomic E-state index is 10.4. The molecule has 3 aromatic rings. The quantitative estimate of drug-likeness (QED) is 0.566. The number of aromatic nitrogens is 3. The fraction of sp³-hybridized carbons (Fsp3) is 0.435. The average molecular weight is 422 g/mol. The van der Waals surface area contributed by atoms with E-state index in [-0.39, 0.29) is 12.1 Å². The summed E-state index contributed by atoms with van der Waals surface area (Å²) in [6, 6.07) is 9.54. The number of nitriles is 1. The van der Waals surface area contributed by atoms with Gasteiger partial charge in [0.2, 0.25) is 5.95 Å². The number of rotatable bonds is 8. The third kappa shape index (κ3) is 4.48. The van der Waals surface area contributed by atoms with Crippen LogP contribution in [0.3, 0.4) is 0 Å². The molecular weight excluding hydrogens is 394 g/mol. The fourth-order valence-corrected chi connectivity index (χ4v) is 3.51. The molecule has 0 unspecified atom stereocenters. The first-order chi connectivity index (χ1) is 14.8. The van der Waals surface area contributed by atoms with Crippen LogP contribution in [0.25, 0.3) is 11.0 Å². The van der Waals surface area contributed by atoms with Gasteiger partial charge in [0.1, 0.15) is 23.2 Å². The first-order valence-electron chi connectivity index (χ1n) is 10.4. The highest BCUT2D eigenvalue weighted by Crippen LogP contribution is 2.36. The van der Waals surface area contributed by atoms with E-state index in [0.29, 0.717) is 29.6 Å². The molecule has 1 atom stereocenters. The first kappa shape index (κ1) is 21.1. The smallest absolute Gasteiger partial charge is 0.229 e. The molecular formula is C23H27N5O3. The molecule has 1 aliphatic carbocycles. The molecule has 4 rings (SSSR count). The lowest BCUT2D eigenvalue weighted by molar-refractivity contribution is 0.0782. The number of hydrogen-bond donors (Lipinski definition) is 2. The summed E-state index contributed by atoms with van der Waals surface area (Å²) in [4.78, 5) is 9.10. The van der Waals surface area contributed by atoms with Crippen LogP contribution in [0, 0.1) is 11.3 Å². The molecule has 0 aliphatic heterocycles. The molecule has 0 amide bonds. The molecule has 1 fully saturated rings. The van der Waals surface area contributed by atoms with E-state index in [9.17, 15) is 10.4 Å². The second-order valence-electron chi connectivity index (χ2n) is 8.50. The van der Waals surface area contributed by atoms with Gasteiger partial charge in [-0.05, 0) is 57.4 Å². The van der Waals surface area contributed by atoms with Crippen LogP contribution in [0.15, 0.2) is 30.5 Å². The van der Waals surface area contributed by atoms with Gasteiger partial charge in [0, 0.05) is 18.7 Å². The third-order valence-corrected chi connectivity index (χ3v) is 5.29. The van der Waals surface area contributed by atoms with Crippen LogP contribution in [0.2, 0.25) is 0 Å². The van der Waals surface area contributed by atoms with Crippen LogP contribution in [-0.2, 0) is 10.3 Å². The highest BCUT2D eigenvalue weighted by atomic mass is 16.5. The highest BCUT2D eigenvalue weighted by Gasteiger charge is 2.26. The van der Waals surface area contributed by atoms with Crippen LogP contribution in [-0.4, -0.2) is 39.5 Å². The second kappa shape index (κ2) is 8.17. The van der Waals surface area contributed by atoms with Crippen LogP contribution in [0.5, 0.6) is 5.75 Å². The Kier molecular flexibility index (Phi) is 5.56. The van der Waals surface area contributed by atoms with Crippen molar-refractivity contribution in [1.82, 2.24) is 14.5 Å². The van der Waals surface area contributed by atoms with Crippen molar-refractivity contribution in [1.29, 1.82) is 5.26 Å². The number of methoxy groups -OCH3 is 1. The summed E-state index contributed by atoms with van der Waals surface area (Å²) in [7, 11) is 1.63. The summed E-state index contributed by atoms with van der Waals surface area (Å²) >= 11 is 0. The number of ether oxygens (including phenoxy) is 2. The Labute approximate surface area is 181 Å². The van der Waals surface area contributed by atoms with Crippen LogP contribution in [0.4, 0.5) is 11.6 Å². The van der Waals surface area contributed by atoms with Crippen LogP contribution < -0.4 is 10.1 Å². The molecule has 2 heterocycles. The number of hydrogen-bond acceptors (Lipinski definition) is 7. The van der Waals surface area contributed by atoms with E-state index in [1.54, 1.807) is 33.2 Å². The van der Waals surface area contributed by atoms with Gasteiger partial charge in [-0.15, -0.1) is 0 Å². The molecule has 8 heteroatoms. The lowest BCUT2D eigenvalue weighted by atomic mass is 9.98. The van der Waals surface area contributed by atoms with Crippen molar-refractivity contribution in [2.75, 3.05) is 19.0 Å². The molecule has 0 spiro atoms. The lowest BCUT2D eigenvalue weighted by Crippen LogP contribution is -2.16. The molecule has 31 heavy (non-hydrogen) atoms. The number of nitrogens with zero attached hydrogens (tertiary/aromatic N) is 4. The largest absolute Gasteiger partial charge is 0.488 e. The van der Waals surface area contributed by atoms with Gasteiger partial charge in [0.15, 0.2) is 0 Å². The van der Waals surface area contributed by atoms with Gasteiger partial charge in [-0.2, -0.15) is 10.2 Å². The Morgan fingerprint density at radius 1 is 1.35 bits per heavy atom. The zero-order valence-electron chi connectivity index (χ0n) is 18.2. The van der Waals surface area contributed by atoms with Crippen LogP contribution >= 0.6 is 0 Å². The van der Waals surface area contributed by atoms with E-state index in [2.05, 4.69) is 21.4 Å². The van der Waals surface area contributed by atoms with Gasteiger partial charge < -0.3 is 24.5 Å². The van der Waals surface area contributed by atoms with Gasteiger partial charge in [-0.1, -0.05) is 6.07 Å². The van der Waals surface area contributed by atoms with Crippen molar-refractivity contribution in [3.63, 3.8) is 0 Å². The molecule has 1 aliphatic rings. The summed E-state index contributed by atoms with van der Waals surface area (Å²) < 4.78 is 13.2. The highest BCUT2D eigenvalue weighted by molar-refractivity contribution is 5.79. The molecule has 2 aromatic heterocycles. The monoisotopic (exact) mass is 421 g/mol. The number of anilines is 2. The molecule has 1 saturated carbocycles. The van der Waals surface area contributed by atoms with Crippen molar-refractivity contribution < 1.29 is 14.6 Å². The Morgan fingerprint density at radius 2 is 2.13 bits per heavy atom. The maximum Gasteiger partial charge on any atom is 0.229 e. The normalized spacial score (nSPS) is 15.0. The average Bonchev–Trinajstić information content (AvgIpc) is 3.46. The van der Waals surface area contributed by atoms with Gasteiger partial charge in [-0.3, -0.25) is 0 Å². The molecule has 0 saturated heterocycles. The van der Waals surface area contributed by atoms with E-state index in [1.165, 1.54) is 0 Å². The minimum Gasteiger partial charge on any atom is -0.488 e. The van der Waals surface area contributed by atoms with E-state index < -0.39 is 5.60 Å². The number of fused-ring (bicyclic) bond motifs is 1. The molecule has 1 aromatic carbocycles. The standard InChI is InChI=1S/C23H27N5O3/c1-14(13-30-4)28-17(11-24)9-15-12-25-22(27-21(15)28)26-19-8-5-16(23(2,3)29)10-20(19)31-18-6-7-18/h5,8-10,12,14,18,29H,6-7,13H2,1-4H3,(H,25,26,27)/t14-/m0/s1. The topological polar surface area (TPSA) is 105 Å². The predicted molar refractivity (Wildman–Crippen MR) is 117 cm³/mol. The Bertz CT molecular complexity index is 1140. The Morgan fingerprint density at radius 3 is 2.77 bits per heavy atom. The SMILES string of the molecule is COC[C@H](C)n1c(C#N)cc2cnc(Nc3ccc(C(C)(C)O)cc3OC3CC3)nc21. The molecule has 8 nitrogen and oxygen atoms in total. The summed E-state index contributed by atoms with van der Waals surface area (Å²) in [6.07, 6.45) is 3.95. The van der Waals surface area contributed by atoms with E-state index in [4.69, 9.17) is 9.47 Å². The van der Waals surface area contributed by atoms with Gasteiger partial charge in [0.05, 0.1) is 30.0 Å². The van der Waals surface area contributed by atoms with E-state index in [0.717, 1.165) is 29.5 Å². The zero-order valence-corrected chi connectivity index (χ0v) is 18.2. The second-order valence-corrected chi connectivity index (χ2v) is 8.50. The van der Waals surface area contributed by atoms with E-state index in [1.807, 2.05) is 29.7 Å². The molecule has 0 bridgehead atoms.